The lowest BCUT2D eigenvalue weighted by Gasteiger charge is -2.34. The maximum Gasteiger partial charge on any atom is 0.337 e. The summed E-state index contributed by atoms with van der Waals surface area (Å²) < 4.78 is 20.7. The van der Waals surface area contributed by atoms with Gasteiger partial charge in [0.1, 0.15) is 11.9 Å². The Balaban J connectivity index is 1.73. The van der Waals surface area contributed by atoms with E-state index in [0.717, 1.165) is 44.2 Å². The van der Waals surface area contributed by atoms with Gasteiger partial charge in [0.05, 0.1) is 11.5 Å². The van der Waals surface area contributed by atoms with Gasteiger partial charge in [0.25, 0.3) is 0 Å². The highest BCUT2D eigenvalue weighted by molar-refractivity contribution is 6.03. The molecule has 1 fully saturated rings. The smallest absolute Gasteiger partial charge is 0.337 e. The fourth-order valence-corrected chi connectivity index (χ4v) is 4.85. The van der Waals surface area contributed by atoms with Gasteiger partial charge in [-0.2, -0.15) is 0 Å². The lowest BCUT2D eigenvalue weighted by atomic mass is 9.75. The van der Waals surface area contributed by atoms with Crippen molar-refractivity contribution in [1.82, 2.24) is 5.32 Å². The number of Topliss-reactive ketones (excluding diaryl/α,β-unsaturated/α-hetero) is 1. The maximum absolute atomic E-state index is 14.8. The van der Waals surface area contributed by atoms with E-state index in [0.29, 0.717) is 28.8 Å². The second kappa shape index (κ2) is 8.52. The number of carbonyl (C=O) groups excluding carboxylic acids is 2. The average Bonchev–Trinajstić information content (AvgIpc) is 2.96. The van der Waals surface area contributed by atoms with Crippen molar-refractivity contribution in [2.75, 3.05) is 0 Å². The van der Waals surface area contributed by atoms with Crippen LogP contribution in [0.5, 0.6) is 0 Å². The number of hydrogen-bond donors (Lipinski definition) is 1. The van der Waals surface area contributed by atoms with Gasteiger partial charge in [-0.1, -0.05) is 31.0 Å². The predicted octanol–water partition coefficient (Wildman–Crippen LogP) is 5.06. The number of allylic oxidation sites excluding steroid dienone is 3. The van der Waals surface area contributed by atoms with Crippen LogP contribution in [0, 0.1) is 5.82 Å². The Morgan fingerprint density at radius 2 is 1.79 bits per heavy atom. The topological polar surface area (TPSA) is 55.4 Å². The molecule has 4 nitrogen and oxygen atoms in total. The fourth-order valence-electron chi connectivity index (χ4n) is 4.85. The minimum Gasteiger partial charge on any atom is -0.459 e. The van der Waals surface area contributed by atoms with Crippen LogP contribution in [0.1, 0.15) is 76.2 Å². The number of rotatable bonds is 3. The monoisotopic (exact) mass is 397 g/mol. The Kier molecular flexibility index (Phi) is 5.84. The number of halogens is 1. The number of hydrogen-bond acceptors (Lipinski definition) is 4. The molecule has 5 heteroatoms. The van der Waals surface area contributed by atoms with Gasteiger partial charge in [-0.05, 0) is 51.5 Å². The van der Waals surface area contributed by atoms with Gasteiger partial charge in [0.2, 0.25) is 0 Å². The molecule has 0 unspecified atom stereocenters. The molecule has 0 amide bonds. The first kappa shape index (κ1) is 19.9. The molecule has 1 aliphatic heterocycles. The van der Waals surface area contributed by atoms with Crippen molar-refractivity contribution >= 4 is 11.8 Å². The van der Waals surface area contributed by atoms with Crippen LogP contribution in [0.2, 0.25) is 0 Å². The van der Waals surface area contributed by atoms with Crippen molar-refractivity contribution < 1.29 is 18.7 Å². The number of benzene rings is 1. The zero-order chi connectivity index (χ0) is 20.4. The molecule has 1 atom stereocenters. The highest BCUT2D eigenvalue weighted by Crippen LogP contribution is 2.43. The van der Waals surface area contributed by atoms with E-state index < -0.39 is 17.7 Å². The van der Waals surface area contributed by atoms with Crippen molar-refractivity contribution in [3.8, 4) is 0 Å². The Labute approximate surface area is 171 Å². The molecule has 2 aliphatic carbocycles. The third kappa shape index (κ3) is 4.00. The van der Waals surface area contributed by atoms with Crippen LogP contribution in [0.3, 0.4) is 0 Å². The molecule has 4 rings (SSSR count). The Morgan fingerprint density at radius 3 is 2.52 bits per heavy atom. The summed E-state index contributed by atoms with van der Waals surface area (Å²) in [7, 11) is 0. The van der Waals surface area contributed by atoms with Crippen LogP contribution >= 0.6 is 0 Å². The first-order chi connectivity index (χ1) is 14.1. The maximum atomic E-state index is 14.8. The minimum absolute atomic E-state index is 0.0146. The number of carbonyl (C=O) groups is 2. The largest absolute Gasteiger partial charge is 0.459 e. The van der Waals surface area contributed by atoms with Gasteiger partial charge in [-0.15, -0.1) is 0 Å². The van der Waals surface area contributed by atoms with E-state index in [1.165, 1.54) is 18.9 Å². The SMILES string of the molecule is CC1=C(C(=O)OC2CCCCCC2)[C@H](c2ccccc2F)C2=C(CCCC2=O)N1. The van der Waals surface area contributed by atoms with Crippen LogP contribution in [0.15, 0.2) is 46.8 Å². The van der Waals surface area contributed by atoms with Crippen molar-refractivity contribution in [2.45, 2.75) is 76.7 Å². The highest BCUT2D eigenvalue weighted by Gasteiger charge is 2.40. The molecule has 0 saturated heterocycles. The lowest BCUT2D eigenvalue weighted by molar-refractivity contribution is -0.145. The van der Waals surface area contributed by atoms with E-state index in [1.807, 2.05) is 6.92 Å². The standard InChI is InChI=1S/C24H28FNO3/c1-15-21(24(28)29-16-9-4-2-3-5-10-16)22(17-11-6-7-12-18(17)25)23-19(26-15)13-8-14-20(23)27/h6-7,11-12,16,22,26H,2-5,8-10,13-14H2,1H3/t22-/m0/s1. The van der Waals surface area contributed by atoms with E-state index in [-0.39, 0.29) is 11.9 Å². The van der Waals surface area contributed by atoms with Gasteiger partial charge < -0.3 is 10.1 Å². The van der Waals surface area contributed by atoms with Gasteiger partial charge in [0.15, 0.2) is 5.78 Å². The second-order valence-corrected chi connectivity index (χ2v) is 8.31. The zero-order valence-corrected chi connectivity index (χ0v) is 16.9. The number of ketones is 1. The van der Waals surface area contributed by atoms with Gasteiger partial charge >= 0.3 is 5.97 Å². The Bertz CT molecular complexity index is 878. The molecule has 1 aromatic rings. The summed E-state index contributed by atoms with van der Waals surface area (Å²) in [5.41, 5.74) is 2.74. The molecule has 154 valence electrons. The molecular formula is C24H28FNO3. The summed E-state index contributed by atoms with van der Waals surface area (Å²) >= 11 is 0. The average molecular weight is 397 g/mol. The quantitative estimate of drug-likeness (QED) is 0.572. The van der Waals surface area contributed by atoms with E-state index >= 15 is 0 Å². The molecule has 0 aromatic heterocycles. The summed E-state index contributed by atoms with van der Waals surface area (Å²) in [6.45, 7) is 1.82. The first-order valence-corrected chi connectivity index (χ1v) is 10.8. The molecule has 1 heterocycles. The van der Waals surface area contributed by atoms with E-state index in [4.69, 9.17) is 4.74 Å². The van der Waals surface area contributed by atoms with Crippen molar-refractivity contribution in [3.63, 3.8) is 0 Å². The summed E-state index contributed by atoms with van der Waals surface area (Å²) in [6, 6.07) is 6.42. The number of esters is 1. The van der Waals surface area contributed by atoms with Crippen molar-refractivity contribution in [2.24, 2.45) is 0 Å². The van der Waals surface area contributed by atoms with Crippen LogP contribution < -0.4 is 5.32 Å². The third-order valence-corrected chi connectivity index (χ3v) is 6.29. The minimum atomic E-state index is -0.710. The Morgan fingerprint density at radius 1 is 1.07 bits per heavy atom. The highest BCUT2D eigenvalue weighted by atomic mass is 19.1. The van der Waals surface area contributed by atoms with Gasteiger partial charge in [-0.25, -0.2) is 9.18 Å². The van der Waals surface area contributed by atoms with E-state index in [1.54, 1.807) is 18.2 Å². The normalized spacial score (nSPS) is 23.4. The molecule has 0 radical (unpaired) electrons. The summed E-state index contributed by atoms with van der Waals surface area (Å²) in [5.74, 6) is -1.56. The van der Waals surface area contributed by atoms with Gasteiger partial charge in [0, 0.05) is 29.0 Å². The van der Waals surface area contributed by atoms with E-state index in [9.17, 15) is 14.0 Å². The third-order valence-electron chi connectivity index (χ3n) is 6.29. The lowest BCUT2D eigenvalue weighted by Crippen LogP contribution is -2.35. The second-order valence-electron chi connectivity index (χ2n) is 8.31. The molecule has 0 spiro atoms. The Hall–Kier alpha value is -2.43. The van der Waals surface area contributed by atoms with Crippen molar-refractivity contribution in [1.29, 1.82) is 0 Å². The van der Waals surface area contributed by atoms with Crippen LogP contribution in [0.4, 0.5) is 4.39 Å². The van der Waals surface area contributed by atoms with Crippen molar-refractivity contribution in [3.05, 3.63) is 58.2 Å². The predicted molar refractivity (Wildman–Crippen MR) is 108 cm³/mol. The molecule has 1 aromatic carbocycles. The number of dihydropyridines is 1. The van der Waals surface area contributed by atoms with E-state index in [2.05, 4.69) is 5.32 Å². The summed E-state index contributed by atoms with van der Waals surface area (Å²) in [4.78, 5) is 26.1. The molecule has 29 heavy (non-hydrogen) atoms. The molecule has 3 aliphatic rings. The van der Waals surface area contributed by atoms with Gasteiger partial charge in [-0.3, -0.25) is 4.79 Å². The molecule has 1 N–H and O–H groups in total. The number of nitrogens with one attached hydrogen (secondary N) is 1. The number of ether oxygens (including phenoxy) is 1. The molecule has 1 saturated carbocycles. The summed E-state index contributed by atoms with van der Waals surface area (Å²) in [6.07, 6.45) is 7.99. The first-order valence-electron chi connectivity index (χ1n) is 10.8. The van der Waals surface area contributed by atoms with Crippen LogP contribution in [0.25, 0.3) is 0 Å². The zero-order valence-electron chi connectivity index (χ0n) is 16.9. The molecular weight excluding hydrogens is 369 g/mol. The van der Waals surface area contributed by atoms with Crippen LogP contribution in [-0.2, 0) is 14.3 Å². The van der Waals surface area contributed by atoms with Crippen LogP contribution in [-0.4, -0.2) is 17.9 Å². The fraction of sp³-hybridized carbons (Fsp3) is 0.500. The molecule has 0 bridgehead atoms. The summed E-state index contributed by atoms with van der Waals surface area (Å²) in [5, 5.41) is 3.26.